The van der Waals surface area contributed by atoms with E-state index in [0.717, 1.165) is 7.11 Å². The van der Waals surface area contributed by atoms with E-state index in [9.17, 15) is 24.9 Å². The van der Waals surface area contributed by atoms with Gasteiger partial charge in [-0.1, -0.05) is 0 Å². The number of hydrogen-bond donors (Lipinski definition) is 3. The Hall–Kier alpha value is -2.12. The lowest BCUT2D eigenvalue weighted by Crippen LogP contribution is -2.23. The average molecular weight is 284 g/mol. The second-order valence-corrected chi connectivity index (χ2v) is 4.07. The zero-order chi connectivity index (χ0) is 15.3. The fourth-order valence-corrected chi connectivity index (χ4v) is 1.67. The Bertz CT molecular complexity index is 498. The van der Waals surface area contributed by atoms with Crippen LogP contribution in [0.5, 0.6) is 11.5 Å². The summed E-state index contributed by atoms with van der Waals surface area (Å²) < 4.78 is 9.24. The normalized spacial score (nSPS) is 13.4. The van der Waals surface area contributed by atoms with E-state index in [1.807, 2.05) is 0 Å². The van der Waals surface area contributed by atoms with Crippen LogP contribution in [-0.4, -0.2) is 47.9 Å². The summed E-state index contributed by atoms with van der Waals surface area (Å²) in [5, 5.41) is 29.6. The summed E-state index contributed by atoms with van der Waals surface area (Å²) in [4.78, 5) is 21.9. The lowest BCUT2D eigenvalue weighted by atomic mass is 9.98. The van der Waals surface area contributed by atoms with E-state index in [-0.39, 0.29) is 16.9 Å². The number of aliphatic hydroxyl groups is 2. The van der Waals surface area contributed by atoms with Crippen LogP contribution in [0.3, 0.4) is 0 Å². The Morgan fingerprint density at radius 3 is 2.50 bits per heavy atom. The molecule has 2 unspecified atom stereocenters. The standard InChI is InChI=1S/C13H16O7/c1-19-10-4-7(6-14)3-8(13(10)18)12(17)9(15)5-11(16)20-2/h3-4,6,9,12,15,17-18H,5H2,1-2H3. The SMILES string of the molecule is COC(=O)CC(O)C(O)c1cc(C=O)cc(OC)c1O. The lowest BCUT2D eigenvalue weighted by Gasteiger charge is -2.19. The van der Waals surface area contributed by atoms with Crippen molar-refractivity contribution in [3.05, 3.63) is 23.3 Å². The van der Waals surface area contributed by atoms with Gasteiger partial charge in [-0.15, -0.1) is 0 Å². The van der Waals surface area contributed by atoms with E-state index >= 15 is 0 Å². The van der Waals surface area contributed by atoms with Crippen molar-refractivity contribution in [3.63, 3.8) is 0 Å². The molecule has 1 rings (SSSR count). The van der Waals surface area contributed by atoms with Gasteiger partial charge in [0.1, 0.15) is 12.4 Å². The molecule has 2 atom stereocenters. The first-order valence-corrected chi connectivity index (χ1v) is 5.73. The molecule has 0 aliphatic carbocycles. The van der Waals surface area contributed by atoms with E-state index in [4.69, 9.17) is 4.74 Å². The second kappa shape index (κ2) is 6.88. The Balaban J connectivity index is 3.10. The number of phenols is 1. The molecule has 0 heterocycles. The number of esters is 1. The monoisotopic (exact) mass is 284 g/mol. The topological polar surface area (TPSA) is 113 Å². The highest BCUT2D eigenvalue weighted by Crippen LogP contribution is 2.36. The Morgan fingerprint density at radius 1 is 1.35 bits per heavy atom. The van der Waals surface area contributed by atoms with Crippen LogP contribution in [0, 0.1) is 0 Å². The van der Waals surface area contributed by atoms with Crippen molar-refractivity contribution >= 4 is 12.3 Å². The van der Waals surface area contributed by atoms with Gasteiger partial charge < -0.3 is 24.8 Å². The van der Waals surface area contributed by atoms with Crippen molar-refractivity contribution in [3.8, 4) is 11.5 Å². The van der Waals surface area contributed by atoms with E-state index in [1.54, 1.807) is 0 Å². The number of aromatic hydroxyl groups is 1. The van der Waals surface area contributed by atoms with Gasteiger partial charge in [0.25, 0.3) is 0 Å². The van der Waals surface area contributed by atoms with Crippen molar-refractivity contribution in [1.29, 1.82) is 0 Å². The lowest BCUT2D eigenvalue weighted by molar-refractivity contribution is -0.144. The summed E-state index contributed by atoms with van der Waals surface area (Å²) in [7, 11) is 2.43. The predicted octanol–water partition coefficient (Wildman–Crippen LogP) is 0.171. The molecule has 0 saturated heterocycles. The van der Waals surface area contributed by atoms with E-state index in [2.05, 4.69) is 4.74 Å². The summed E-state index contributed by atoms with van der Waals surface area (Å²) in [6, 6.07) is 2.49. The third-order valence-electron chi connectivity index (χ3n) is 2.77. The highest BCUT2D eigenvalue weighted by atomic mass is 16.5. The van der Waals surface area contributed by atoms with Gasteiger partial charge in [-0.2, -0.15) is 0 Å². The first-order chi connectivity index (χ1) is 9.44. The first-order valence-electron chi connectivity index (χ1n) is 5.73. The van der Waals surface area contributed by atoms with Gasteiger partial charge in [0.2, 0.25) is 0 Å². The Kier molecular flexibility index (Phi) is 5.48. The second-order valence-electron chi connectivity index (χ2n) is 4.07. The number of phenolic OH excluding ortho intramolecular Hbond substituents is 1. The average Bonchev–Trinajstić information content (AvgIpc) is 2.46. The number of carbonyl (C=O) groups is 2. The number of methoxy groups -OCH3 is 2. The quantitative estimate of drug-likeness (QED) is 0.504. The number of benzene rings is 1. The number of rotatable bonds is 6. The highest BCUT2D eigenvalue weighted by Gasteiger charge is 2.26. The maximum Gasteiger partial charge on any atom is 0.308 e. The van der Waals surface area contributed by atoms with E-state index in [0.29, 0.717) is 6.29 Å². The molecule has 7 heteroatoms. The van der Waals surface area contributed by atoms with Crippen LogP contribution in [0.2, 0.25) is 0 Å². The molecule has 0 fully saturated rings. The molecule has 0 aromatic heterocycles. The van der Waals surface area contributed by atoms with Crippen LogP contribution in [-0.2, 0) is 9.53 Å². The molecular formula is C13H16O7. The molecule has 0 radical (unpaired) electrons. The van der Waals surface area contributed by atoms with Gasteiger partial charge in [0.05, 0.1) is 26.7 Å². The third kappa shape index (κ3) is 3.46. The van der Waals surface area contributed by atoms with Crippen molar-refractivity contribution in [2.24, 2.45) is 0 Å². The van der Waals surface area contributed by atoms with E-state index < -0.39 is 30.3 Å². The first kappa shape index (κ1) is 15.9. The molecule has 0 aliphatic rings. The zero-order valence-electron chi connectivity index (χ0n) is 11.1. The molecule has 20 heavy (non-hydrogen) atoms. The van der Waals surface area contributed by atoms with Crippen molar-refractivity contribution in [1.82, 2.24) is 0 Å². The largest absolute Gasteiger partial charge is 0.504 e. The molecule has 1 aromatic rings. The van der Waals surface area contributed by atoms with Gasteiger partial charge in [0, 0.05) is 11.1 Å². The fourth-order valence-electron chi connectivity index (χ4n) is 1.67. The molecule has 0 bridgehead atoms. The van der Waals surface area contributed by atoms with Gasteiger partial charge in [0.15, 0.2) is 11.5 Å². The molecule has 0 aliphatic heterocycles. The van der Waals surface area contributed by atoms with Gasteiger partial charge >= 0.3 is 5.97 Å². The minimum absolute atomic E-state index is 0.0195. The maximum absolute atomic E-state index is 11.1. The Morgan fingerprint density at radius 2 is 2.00 bits per heavy atom. The summed E-state index contributed by atoms with van der Waals surface area (Å²) in [6.45, 7) is 0. The molecule has 0 amide bonds. The van der Waals surface area contributed by atoms with Crippen molar-refractivity contribution in [2.45, 2.75) is 18.6 Å². The van der Waals surface area contributed by atoms with Crippen LogP contribution in [0.25, 0.3) is 0 Å². The zero-order valence-corrected chi connectivity index (χ0v) is 11.1. The number of aliphatic hydroxyl groups excluding tert-OH is 2. The molecule has 3 N–H and O–H groups in total. The van der Waals surface area contributed by atoms with E-state index in [1.165, 1.54) is 19.2 Å². The van der Waals surface area contributed by atoms with Crippen molar-refractivity contribution < 1.29 is 34.4 Å². The molecule has 0 saturated carbocycles. The molecule has 110 valence electrons. The number of hydrogen-bond acceptors (Lipinski definition) is 7. The van der Waals surface area contributed by atoms with Crippen LogP contribution in [0.1, 0.15) is 28.4 Å². The summed E-state index contributed by atoms with van der Waals surface area (Å²) >= 11 is 0. The minimum Gasteiger partial charge on any atom is -0.504 e. The number of ether oxygens (including phenoxy) is 2. The predicted molar refractivity (Wildman–Crippen MR) is 67.6 cm³/mol. The number of carbonyl (C=O) groups excluding carboxylic acids is 2. The molecule has 0 spiro atoms. The summed E-state index contributed by atoms with van der Waals surface area (Å²) in [5.74, 6) is -1.14. The Labute approximate surface area is 115 Å². The maximum atomic E-state index is 11.1. The molecule has 1 aromatic carbocycles. The summed E-state index contributed by atoms with van der Waals surface area (Å²) in [5.41, 5.74) is 0.0434. The fraction of sp³-hybridized carbons (Fsp3) is 0.385. The smallest absolute Gasteiger partial charge is 0.308 e. The molecular weight excluding hydrogens is 268 g/mol. The molecule has 7 nitrogen and oxygen atoms in total. The van der Waals surface area contributed by atoms with Crippen molar-refractivity contribution in [2.75, 3.05) is 14.2 Å². The highest BCUT2D eigenvalue weighted by molar-refractivity contribution is 5.77. The van der Waals surface area contributed by atoms with Gasteiger partial charge in [-0.3, -0.25) is 9.59 Å². The minimum atomic E-state index is -1.57. The van der Waals surface area contributed by atoms with Crippen LogP contribution in [0.4, 0.5) is 0 Å². The summed E-state index contributed by atoms with van der Waals surface area (Å²) in [6.07, 6.45) is -3.00. The van der Waals surface area contributed by atoms with Gasteiger partial charge in [-0.05, 0) is 12.1 Å². The van der Waals surface area contributed by atoms with Crippen LogP contribution >= 0.6 is 0 Å². The third-order valence-corrected chi connectivity index (χ3v) is 2.77. The van der Waals surface area contributed by atoms with Gasteiger partial charge in [-0.25, -0.2) is 0 Å². The van der Waals surface area contributed by atoms with Crippen LogP contribution in [0.15, 0.2) is 12.1 Å². The van der Waals surface area contributed by atoms with Crippen LogP contribution < -0.4 is 4.74 Å². The number of aldehydes is 1.